The zero-order chi connectivity index (χ0) is 16.1. The molecule has 0 aliphatic carbocycles. The maximum Gasteiger partial charge on any atom is 0.230 e. The molecule has 5 heteroatoms. The van der Waals surface area contributed by atoms with Crippen LogP contribution in [0.4, 0.5) is 0 Å². The van der Waals surface area contributed by atoms with Crippen LogP contribution in [0.1, 0.15) is 0 Å². The minimum absolute atomic E-state index is 0.0149. The molecule has 3 rings (SSSR count). The molecule has 0 fully saturated rings. The van der Waals surface area contributed by atoms with Crippen LogP contribution in [0.15, 0.2) is 72.0 Å². The standard InChI is InChI=1S/C18H17N3OS/c1-19-17(22)13-23-18-20-12-16(14-8-4-2-5-9-14)21(18)15-10-6-3-7-11-15/h2-12H,13H2,1H3,(H,19,22). The molecule has 3 aromatic rings. The summed E-state index contributed by atoms with van der Waals surface area (Å²) in [4.78, 5) is 16.1. The number of hydrogen-bond donors (Lipinski definition) is 1. The molecule has 4 nitrogen and oxygen atoms in total. The van der Waals surface area contributed by atoms with Gasteiger partial charge in [-0.25, -0.2) is 4.98 Å². The van der Waals surface area contributed by atoms with E-state index in [1.807, 2.05) is 54.7 Å². The Labute approximate surface area is 139 Å². The molecule has 0 aliphatic heterocycles. The number of carbonyl (C=O) groups is 1. The first-order chi connectivity index (χ1) is 11.3. The summed E-state index contributed by atoms with van der Waals surface area (Å²) in [5.41, 5.74) is 3.13. The van der Waals surface area contributed by atoms with Crippen molar-refractivity contribution in [2.75, 3.05) is 12.8 Å². The first-order valence-corrected chi connectivity index (χ1v) is 8.30. The van der Waals surface area contributed by atoms with E-state index in [1.54, 1.807) is 7.05 Å². The van der Waals surface area contributed by atoms with Gasteiger partial charge in [-0.15, -0.1) is 0 Å². The van der Waals surface area contributed by atoms with E-state index in [-0.39, 0.29) is 5.91 Å². The molecule has 0 saturated heterocycles. The molecule has 1 aromatic heterocycles. The largest absolute Gasteiger partial charge is 0.358 e. The van der Waals surface area contributed by atoms with Gasteiger partial charge >= 0.3 is 0 Å². The fourth-order valence-electron chi connectivity index (χ4n) is 2.28. The maximum absolute atomic E-state index is 11.5. The van der Waals surface area contributed by atoms with Crippen LogP contribution in [0.25, 0.3) is 16.9 Å². The Morgan fingerprint density at radius 3 is 2.39 bits per heavy atom. The number of rotatable bonds is 5. The van der Waals surface area contributed by atoms with Crippen molar-refractivity contribution >= 4 is 17.7 Å². The molecular formula is C18H17N3OS. The van der Waals surface area contributed by atoms with Gasteiger partial charge in [0.1, 0.15) is 0 Å². The first-order valence-electron chi connectivity index (χ1n) is 7.31. The molecule has 0 atom stereocenters. The van der Waals surface area contributed by atoms with Crippen LogP contribution in [0, 0.1) is 0 Å². The summed E-state index contributed by atoms with van der Waals surface area (Å²) in [7, 11) is 1.64. The molecule has 23 heavy (non-hydrogen) atoms. The van der Waals surface area contributed by atoms with Crippen LogP contribution >= 0.6 is 11.8 Å². The topological polar surface area (TPSA) is 46.9 Å². The number of nitrogens with one attached hydrogen (secondary N) is 1. The van der Waals surface area contributed by atoms with Gasteiger partial charge in [0.25, 0.3) is 0 Å². The summed E-state index contributed by atoms with van der Waals surface area (Å²) in [5.74, 6) is 0.327. The second-order valence-corrected chi connectivity index (χ2v) is 5.87. The van der Waals surface area contributed by atoms with E-state index in [9.17, 15) is 4.79 Å². The average molecular weight is 323 g/mol. The van der Waals surface area contributed by atoms with Crippen LogP contribution in [-0.2, 0) is 4.79 Å². The zero-order valence-corrected chi connectivity index (χ0v) is 13.6. The smallest absolute Gasteiger partial charge is 0.230 e. The maximum atomic E-state index is 11.5. The van der Waals surface area contributed by atoms with Gasteiger partial charge in [0.15, 0.2) is 5.16 Å². The van der Waals surface area contributed by atoms with Crippen molar-refractivity contribution in [3.63, 3.8) is 0 Å². The van der Waals surface area contributed by atoms with Gasteiger partial charge in [0, 0.05) is 18.3 Å². The summed E-state index contributed by atoms with van der Waals surface area (Å²) < 4.78 is 2.09. The Balaban J connectivity index is 2.04. The number of thioether (sulfide) groups is 1. The SMILES string of the molecule is CNC(=O)CSc1ncc(-c2ccccc2)n1-c1ccccc1. The number of nitrogens with zero attached hydrogens (tertiary/aromatic N) is 2. The van der Waals surface area contributed by atoms with E-state index >= 15 is 0 Å². The second kappa shape index (κ2) is 7.15. The summed E-state index contributed by atoms with van der Waals surface area (Å²) in [6, 6.07) is 20.2. The van der Waals surface area contributed by atoms with E-state index in [2.05, 4.69) is 27.0 Å². The summed E-state index contributed by atoms with van der Waals surface area (Å²) >= 11 is 1.43. The highest BCUT2D eigenvalue weighted by molar-refractivity contribution is 7.99. The summed E-state index contributed by atoms with van der Waals surface area (Å²) in [5, 5.41) is 3.44. The minimum atomic E-state index is -0.0149. The lowest BCUT2D eigenvalue weighted by atomic mass is 10.1. The number of para-hydroxylation sites is 1. The highest BCUT2D eigenvalue weighted by Crippen LogP contribution is 2.29. The van der Waals surface area contributed by atoms with E-state index in [1.165, 1.54) is 11.8 Å². The lowest BCUT2D eigenvalue weighted by Crippen LogP contribution is -2.20. The Morgan fingerprint density at radius 1 is 1.09 bits per heavy atom. The predicted octanol–water partition coefficient (Wildman–Crippen LogP) is 3.38. The van der Waals surface area contributed by atoms with Crippen molar-refractivity contribution in [2.24, 2.45) is 0 Å². The Bertz CT molecular complexity index is 785. The third kappa shape index (κ3) is 3.46. The van der Waals surface area contributed by atoms with E-state index in [0.29, 0.717) is 5.75 Å². The highest BCUT2D eigenvalue weighted by Gasteiger charge is 2.14. The molecule has 1 amide bonds. The Kier molecular flexibility index (Phi) is 4.78. The minimum Gasteiger partial charge on any atom is -0.358 e. The quantitative estimate of drug-likeness (QED) is 0.732. The van der Waals surface area contributed by atoms with Gasteiger partial charge in [-0.05, 0) is 12.1 Å². The normalized spacial score (nSPS) is 10.5. The van der Waals surface area contributed by atoms with Crippen LogP contribution in [0.2, 0.25) is 0 Å². The molecule has 116 valence electrons. The van der Waals surface area contributed by atoms with E-state index < -0.39 is 0 Å². The van der Waals surface area contributed by atoms with E-state index in [0.717, 1.165) is 22.1 Å². The van der Waals surface area contributed by atoms with Gasteiger partial charge < -0.3 is 5.32 Å². The fraction of sp³-hybridized carbons (Fsp3) is 0.111. The van der Waals surface area contributed by atoms with Crippen LogP contribution in [0.5, 0.6) is 0 Å². The molecule has 0 unspecified atom stereocenters. The second-order valence-electron chi connectivity index (χ2n) is 4.92. The van der Waals surface area contributed by atoms with Crippen molar-refractivity contribution < 1.29 is 4.79 Å². The van der Waals surface area contributed by atoms with Gasteiger partial charge in [-0.2, -0.15) is 0 Å². The van der Waals surface area contributed by atoms with Crippen molar-refractivity contribution in [1.82, 2.24) is 14.9 Å². The molecular weight excluding hydrogens is 306 g/mol. The molecule has 0 saturated carbocycles. The predicted molar refractivity (Wildman–Crippen MR) is 93.8 cm³/mol. The summed E-state index contributed by atoms with van der Waals surface area (Å²) in [6.45, 7) is 0. The lowest BCUT2D eigenvalue weighted by molar-refractivity contribution is -0.118. The first kappa shape index (κ1) is 15.4. The number of imidazole rings is 1. The number of carbonyl (C=O) groups excluding carboxylic acids is 1. The van der Waals surface area contributed by atoms with Crippen molar-refractivity contribution in [3.8, 4) is 16.9 Å². The highest BCUT2D eigenvalue weighted by atomic mass is 32.2. The number of benzene rings is 2. The molecule has 2 aromatic carbocycles. The van der Waals surface area contributed by atoms with Crippen LogP contribution < -0.4 is 5.32 Å². The van der Waals surface area contributed by atoms with Crippen molar-refractivity contribution in [1.29, 1.82) is 0 Å². The molecule has 0 aliphatic rings. The Hall–Kier alpha value is -2.53. The third-order valence-corrected chi connectivity index (χ3v) is 4.38. The number of hydrogen-bond acceptors (Lipinski definition) is 3. The van der Waals surface area contributed by atoms with Gasteiger partial charge in [0.05, 0.1) is 17.6 Å². The number of aromatic nitrogens is 2. The van der Waals surface area contributed by atoms with E-state index in [4.69, 9.17) is 0 Å². The van der Waals surface area contributed by atoms with Crippen molar-refractivity contribution in [2.45, 2.75) is 5.16 Å². The zero-order valence-electron chi connectivity index (χ0n) is 12.8. The van der Waals surface area contributed by atoms with Crippen LogP contribution in [-0.4, -0.2) is 28.3 Å². The number of amides is 1. The third-order valence-electron chi connectivity index (χ3n) is 3.42. The lowest BCUT2D eigenvalue weighted by Gasteiger charge is -2.11. The monoisotopic (exact) mass is 323 g/mol. The van der Waals surface area contributed by atoms with Gasteiger partial charge in [0.2, 0.25) is 5.91 Å². The fourth-order valence-corrected chi connectivity index (χ4v) is 3.14. The molecule has 1 N–H and O–H groups in total. The molecule has 0 radical (unpaired) electrons. The molecule has 0 bridgehead atoms. The van der Waals surface area contributed by atoms with Crippen LogP contribution in [0.3, 0.4) is 0 Å². The van der Waals surface area contributed by atoms with Crippen molar-refractivity contribution in [3.05, 3.63) is 66.9 Å². The van der Waals surface area contributed by atoms with Gasteiger partial charge in [-0.1, -0.05) is 60.3 Å². The summed E-state index contributed by atoms with van der Waals surface area (Å²) in [6.07, 6.45) is 1.86. The average Bonchev–Trinajstić information content (AvgIpc) is 3.05. The Morgan fingerprint density at radius 2 is 1.74 bits per heavy atom. The van der Waals surface area contributed by atoms with Gasteiger partial charge in [-0.3, -0.25) is 9.36 Å². The molecule has 0 spiro atoms. The molecule has 1 heterocycles.